The van der Waals surface area contributed by atoms with E-state index < -0.39 is 21.8 Å². The first-order valence-corrected chi connectivity index (χ1v) is 13.3. The normalized spacial score (nSPS) is 11.0. The van der Waals surface area contributed by atoms with E-state index >= 15 is 0 Å². The molecule has 0 saturated heterocycles. The molecule has 188 valence electrons. The second kappa shape index (κ2) is 11.2. The van der Waals surface area contributed by atoms with E-state index in [2.05, 4.69) is 15.4 Å². The Hall–Kier alpha value is -3.56. The van der Waals surface area contributed by atoms with Crippen LogP contribution >= 0.6 is 34.8 Å². The molecule has 3 N–H and O–H groups in total. The van der Waals surface area contributed by atoms with Crippen LogP contribution in [0.4, 0.5) is 17.1 Å². The van der Waals surface area contributed by atoms with Crippen molar-refractivity contribution in [3.8, 4) is 0 Å². The SMILES string of the molecule is O=C(Nc1ccc(Cl)cc1)c1ccc(Cl)c(S(=O)(=O)Nc2ccccc2C(=O)Nc2ccc(Cl)cc2)c1. The fourth-order valence-electron chi connectivity index (χ4n) is 3.29. The van der Waals surface area contributed by atoms with Crippen molar-refractivity contribution < 1.29 is 18.0 Å². The zero-order valence-electron chi connectivity index (χ0n) is 18.8. The molecular weight excluding hydrogens is 557 g/mol. The van der Waals surface area contributed by atoms with Crippen molar-refractivity contribution in [1.29, 1.82) is 0 Å². The Bertz CT molecular complexity index is 1580. The first-order valence-electron chi connectivity index (χ1n) is 10.7. The van der Waals surface area contributed by atoms with Gasteiger partial charge in [-0.25, -0.2) is 8.42 Å². The predicted molar refractivity (Wildman–Crippen MR) is 148 cm³/mol. The van der Waals surface area contributed by atoms with Crippen molar-refractivity contribution >= 4 is 73.7 Å². The first kappa shape index (κ1) is 26.5. The van der Waals surface area contributed by atoms with Crippen molar-refractivity contribution in [3.05, 3.63) is 117 Å². The molecule has 0 aliphatic rings. The first-order chi connectivity index (χ1) is 17.6. The molecule has 4 aromatic rings. The van der Waals surface area contributed by atoms with Crippen LogP contribution in [0, 0.1) is 0 Å². The van der Waals surface area contributed by atoms with Crippen molar-refractivity contribution in [3.63, 3.8) is 0 Å². The van der Waals surface area contributed by atoms with Crippen molar-refractivity contribution in [1.82, 2.24) is 0 Å². The zero-order chi connectivity index (χ0) is 26.6. The zero-order valence-corrected chi connectivity index (χ0v) is 21.9. The predicted octanol–water partition coefficient (Wildman–Crippen LogP) is 6.95. The molecule has 0 atom stereocenters. The Morgan fingerprint density at radius 2 is 1.19 bits per heavy atom. The molecule has 37 heavy (non-hydrogen) atoms. The highest BCUT2D eigenvalue weighted by Crippen LogP contribution is 2.27. The Kier molecular flexibility index (Phi) is 8.04. The number of rotatable bonds is 7. The Labute approximate surface area is 228 Å². The summed E-state index contributed by atoms with van der Waals surface area (Å²) < 4.78 is 29.0. The third-order valence-corrected chi connectivity index (χ3v) is 7.45. The van der Waals surface area contributed by atoms with Gasteiger partial charge in [-0.15, -0.1) is 0 Å². The molecule has 0 bridgehead atoms. The standard InChI is InChI=1S/C26H18Cl3N3O4S/c27-17-6-10-19(11-7-17)30-25(33)16-5-14-22(29)24(15-16)37(35,36)32-23-4-2-1-3-21(23)26(34)31-20-12-8-18(28)9-13-20/h1-15,32H,(H,30,33)(H,31,34). The van der Waals surface area contributed by atoms with Crippen LogP contribution in [0.15, 0.2) is 95.9 Å². The van der Waals surface area contributed by atoms with Gasteiger partial charge in [0.1, 0.15) is 4.90 Å². The maximum Gasteiger partial charge on any atom is 0.263 e. The lowest BCUT2D eigenvalue weighted by Gasteiger charge is -2.14. The molecule has 0 unspecified atom stereocenters. The van der Waals surface area contributed by atoms with Crippen molar-refractivity contribution in [2.24, 2.45) is 0 Å². The van der Waals surface area contributed by atoms with Gasteiger partial charge in [0, 0.05) is 27.0 Å². The van der Waals surface area contributed by atoms with E-state index in [1.807, 2.05) is 0 Å². The van der Waals surface area contributed by atoms with Crippen LogP contribution in [0.5, 0.6) is 0 Å². The highest BCUT2D eigenvalue weighted by molar-refractivity contribution is 7.92. The molecule has 0 aliphatic carbocycles. The van der Waals surface area contributed by atoms with Gasteiger partial charge in [0.2, 0.25) is 0 Å². The van der Waals surface area contributed by atoms with Gasteiger partial charge >= 0.3 is 0 Å². The van der Waals surface area contributed by atoms with Crippen LogP contribution in [0.25, 0.3) is 0 Å². The van der Waals surface area contributed by atoms with E-state index in [0.717, 1.165) is 6.07 Å². The molecule has 0 heterocycles. The minimum absolute atomic E-state index is 0.0287. The average molecular weight is 575 g/mol. The van der Waals surface area contributed by atoms with E-state index in [0.29, 0.717) is 21.4 Å². The van der Waals surface area contributed by atoms with E-state index in [1.165, 1.54) is 24.3 Å². The van der Waals surface area contributed by atoms with Gasteiger partial charge in [0.15, 0.2) is 0 Å². The molecule has 0 fully saturated rings. The molecule has 0 radical (unpaired) electrons. The number of hydrogen-bond donors (Lipinski definition) is 3. The molecule has 0 aromatic heterocycles. The van der Waals surface area contributed by atoms with Gasteiger partial charge in [0.25, 0.3) is 21.8 Å². The lowest BCUT2D eigenvalue weighted by Crippen LogP contribution is -2.19. The summed E-state index contributed by atoms with van der Waals surface area (Å²) in [6.45, 7) is 0. The number of carbonyl (C=O) groups excluding carboxylic acids is 2. The monoisotopic (exact) mass is 573 g/mol. The summed E-state index contributed by atoms with van der Waals surface area (Å²) in [6.07, 6.45) is 0. The fraction of sp³-hybridized carbons (Fsp3) is 0. The summed E-state index contributed by atoms with van der Waals surface area (Å²) in [4.78, 5) is 25.3. The Morgan fingerprint density at radius 3 is 1.78 bits per heavy atom. The molecule has 7 nitrogen and oxygen atoms in total. The fourth-order valence-corrected chi connectivity index (χ4v) is 5.15. The summed E-state index contributed by atoms with van der Waals surface area (Å²) in [5.74, 6) is -1.08. The molecule has 2 amide bonds. The second-order valence-electron chi connectivity index (χ2n) is 7.72. The molecule has 0 aliphatic heterocycles. The number of carbonyl (C=O) groups is 2. The number of para-hydroxylation sites is 1. The minimum atomic E-state index is -4.29. The van der Waals surface area contributed by atoms with Crippen LogP contribution in [0.3, 0.4) is 0 Å². The van der Waals surface area contributed by atoms with Crippen LogP contribution < -0.4 is 15.4 Å². The van der Waals surface area contributed by atoms with E-state index in [4.69, 9.17) is 34.8 Å². The second-order valence-corrected chi connectivity index (χ2v) is 10.6. The maximum absolute atomic E-state index is 13.3. The average Bonchev–Trinajstić information content (AvgIpc) is 2.87. The largest absolute Gasteiger partial charge is 0.322 e. The molecular formula is C26H18Cl3N3O4S. The van der Waals surface area contributed by atoms with Gasteiger partial charge in [-0.1, -0.05) is 46.9 Å². The van der Waals surface area contributed by atoms with Gasteiger partial charge in [0.05, 0.1) is 16.3 Å². The van der Waals surface area contributed by atoms with Crippen LogP contribution in [-0.4, -0.2) is 20.2 Å². The molecule has 0 saturated carbocycles. The smallest absolute Gasteiger partial charge is 0.263 e. The van der Waals surface area contributed by atoms with Crippen LogP contribution in [-0.2, 0) is 10.0 Å². The Balaban J connectivity index is 1.58. The lowest BCUT2D eigenvalue weighted by atomic mass is 10.1. The highest BCUT2D eigenvalue weighted by Gasteiger charge is 2.23. The number of sulfonamides is 1. The van der Waals surface area contributed by atoms with Gasteiger partial charge in [-0.3, -0.25) is 14.3 Å². The summed E-state index contributed by atoms with van der Waals surface area (Å²) in [5, 5.41) is 6.27. The number of anilines is 3. The molecule has 11 heteroatoms. The summed E-state index contributed by atoms with van der Waals surface area (Å²) in [7, 11) is -4.29. The number of hydrogen-bond acceptors (Lipinski definition) is 4. The maximum atomic E-state index is 13.3. The van der Waals surface area contributed by atoms with Crippen molar-refractivity contribution in [2.45, 2.75) is 4.90 Å². The molecule has 4 rings (SSSR count). The summed E-state index contributed by atoms with van der Waals surface area (Å²) >= 11 is 17.9. The van der Waals surface area contributed by atoms with Gasteiger partial charge in [-0.05, 0) is 78.9 Å². The number of benzene rings is 4. The topological polar surface area (TPSA) is 104 Å². The number of amides is 2. The summed E-state index contributed by atoms with van der Waals surface area (Å²) in [5.41, 5.74) is 1.13. The van der Waals surface area contributed by atoms with E-state index in [1.54, 1.807) is 60.7 Å². The lowest BCUT2D eigenvalue weighted by molar-refractivity contribution is 0.101. The minimum Gasteiger partial charge on any atom is -0.322 e. The van der Waals surface area contributed by atoms with Gasteiger partial charge < -0.3 is 10.6 Å². The summed E-state index contributed by atoms with van der Waals surface area (Å²) in [6, 6.07) is 22.9. The van der Waals surface area contributed by atoms with Crippen LogP contribution in [0.2, 0.25) is 15.1 Å². The molecule has 4 aromatic carbocycles. The number of nitrogens with one attached hydrogen (secondary N) is 3. The van der Waals surface area contributed by atoms with Crippen molar-refractivity contribution in [2.75, 3.05) is 15.4 Å². The third kappa shape index (κ3) is 6.61. The van der Waals surface area contributed by atoms with E-state index in [-0.39, 0.29) is 26.7 Å². The highest BCUT2D eigenvalue weighted by atomic mass is 35.5. The quantitative estimate of drug-likeness (QED) is 0.222. The number of halogens is 3. The van der Waals surface area contributed by atoms with Crippen LogP contribution in [0.1, 0.15) is 20.7 Å². The molecule has 0 spiro atoms. The van der Waals surface area contributed by atoms with Gasteiger partial charge in [-0.2, -0.15) is 0 Å². The third-order valence-electron chi connectivity index (χ3n) is 5.10. The van der Waals surface area contributed by atoms with E-state index in [9.17, 15) is 18.0 Å². The Morgan fingerprint density at radius 1 is 0.649 bits per heavy atom.